The standard InChI is InChI=1S/C23H28N2O6/c1-28-18-8-5-7-16(13-18)22(26)24-9-6-10-25(12-11-24)23(27)17-14-19(29-2)21(31-4)20(15-17)30-3/h5,7-8,13-15H,6,9-12H2,1-4H3. The monoisotopic (exact) mass is 428 g/mol. The minimum atomic E-state index is -0.144. The highest BCUT2D eigenvalue weighted by atomic mass is 16.5. The van der Waals surface area contributed by atoms with Gasteiger partial charge in [0.05, 0.1) is 28.4 Å². The predicted molar refractivity (Wildman–Crippen MR) is 116 cm³/mol. The molecule has 2 amide bonds. The van der Waals surface area contributed by atoms with Gasteiger partial charge >= 0.3 is 0 Å². The Morgan fingerprint density at radius 3 is 1.81 bits per heavy atom. The third-order valence-electron chi connectivity index (χ3n) is 5.30. The van der Waals surface area contributed by atoms with Crippen molar-refractivity contribution in [2.45, 2.75) is 6.42 Å². The number of nitrogens with zero attached hydrogens (tertiary/aromatic N) is 2. The zero-order valence-electron chi connectivity index (χ0n) is 18.3. The van der Waals surface area contributed by atoms with Crippen LogP contribution in [0.4, 0.5) is 0 Å². The number of carbonyl (C=O) groups excluding carboxylic acids is 2. The van der Waals surface area contributed by atoms with Crippen molar-refractivity contribution in [2.75, 3.05) is 54.6 Å². The van der Waals surface area contributed by atoms with Gasteiger partial charge in [0.15, 0.2) is 11.5 Å². The second kappa shape index (κ2) is 10.1. The third-order valence-corrected chi connectivity index (χ3v) is 5.30. The molecule has 1 fully saturated rings. The van der Waals surface area contributed by atoms with Gasteiger partial charge in [0.25, 0.3) is 11.8 Å². The molecule has 1 aliphatic heterocycles. The number of methoxy groups -OCH3 is 4. The first-order valence-corrected chi connectivity index (χ1v) is 10.0. The van der Waals surface area contributed by atoms with Gasteiger partial charge in [-0.1, -0.05) is 6.07 Å². The van der Waals surface area contributed by atoms with Gasteiger partial charge in [-0.2, -0.15) is 0 Å². The normalized spacial score (nSPS) is 13.9. The molecule has 0 aliphatic carbocycles. The van der Waals surface area contributed by atoms with Gasteiger partial charge in [0, 0.05) is 37.3 Å². The molecule has 2 aromatic carbocycles. The molecule has 0 bridgehead atoms. The van der Waals surface area contributed by atoms with E-state index in [1.807, 2.05) is 0 Å². The van der Waals surface area contributed by atoms with E-state index in [9.17, 15) is 9.59 Å². The summed E-state index contributed by atoms with van der Waals surface area (Å²) >= 11 is 0. The van der Waals surface area contributed by atoms with Crippen LogP contribution in [0, 0.1) is 0 Å². The number of ether oxygens (including phenoxy) is 4. The van der Waals surface area contributed by atoms with Crippen molar-refractivity contribution in [2.24, 2.45) is 0 Å². The summed E-state index contributed by atoms with van der Waals surface area (Å²) in [5.74, 6) is 1.72. The van der Waals surface area contributed by atoms with Gasteiger partial charge in [-0.15, -0.1) is 0 Å². The minimum Gasteiger partial charge on any atom is -0.497 e. The van der Waals surface area contributed by atoms with Crippen LogP contribution in [0.15, 0.2) is 36.4 Å². The van der Waals surface area contributed by atoms with Crippen LogP contribution >= 0.6 is 0 Å². The molecule has 8 heteroatoms. The molecule has 1 saturated heterocycles. The van der Waals surface area contributed by atoms with Crippen LogP contribution in [0.1, 0.15) is 27.1 Å². The molecule has 0 spiro atoms. The van der Waals surface area contributed by atoms with Crippen LogP contribution in [0.2, 0.25) is 0 Å². The minimum absolute atomic E-state index is 0.0685. The van der Waals surface area contributed by atoms with E-state index in [1.54, 1.807) is 53.3 Å². The predicted octanol–water partition coefficient (Wildman–Crippen LogP) is 2.71. The average molecular weight is 428 g/mol. The molecule has 0 N–H and O–H groups in total. The van der Waals surface area contributed by atoms with Crippen molar-refractivity contribution in [1.82, 2.24) is 9.80 Å². The molecule has 1 heterocycles. The highest BCUT2D eigenvalue weighted by Gasteiger charge is 2.25. The lowest BCUT2D eigenvalue weighted by atomic mass is 10.1. The molecule has 3 rings (SSSR count). The molecule has 0 radical (unpaired) electrons. The maximum atomic E-state index is 13.2. The number of rotatable bonds is 6. The Labute approximate surface area is 182 Å². The summed E-state index contributed by atoms with van der Waals surface area (Å²) in [6, 6.07) is 10.4. The lowest BCUT2D eigenvalue weighted by molar-refractivity contribution is 0.0718. The fourth-order valence-corrected chi connectivity index (χ4v) is 3.65. The van der Waals surface area contributed by atoms with Gasteiger partial charge in [-0.25, -0.2) is 0 Å². The highest BCUT2D eigenvalue weighted by molar-refractivity contribution is 5.96. The molecule has 2 aromatic rings. The Balaban J connectivity index is 1.74. The number of carbonyl (C=O) groups is 2. The first-order valence-electron chi connectivity index (χ1n) is 10.0. The molecule has 0 unspecified atom stereocenters. The number of hydrogen-bond acceptors (Lipinski definition) is 6. The van der Waals surface area contributed by atoms with Crippen molar-refractivity contribution >= 4 is 11.8 Å². The topological polar surface area (TPSA) is 77.5 Å². The summed E-state index contributed by atoms with van der Waals surface area (Å²) in [6.45, 7) is 2.02. The first-order chi connectivity index (χ1) is 15.0. The number of hydrogen-bond donors (Lipinski definition) is 0. The van der Waals surface area contributed by atoms with Gasteiger partial charge in [0.1, 0.15) is 5.75 Å². The molecule has 8 nitrogen and oxygen atoms in total. The zero-order valence-corrected chi connectivity index (χ0v) is 18.3. The fraction of sp³-hybridized carbons (Fsp3) is 0.391. The lowest BCUT2D eigenvalue weighted by Crippen LogP contribution is -2.37. The van der Waals surface area contributed by atoms with Crippen LogP contribution in [-0.2, 0) is 0 Å². The van der Waals surface area contributed by atoms with Crippen molar-refractivity contribution < 1.29 is 28.5 Å². The second-order valence-electron chi connectivity index (χ2n) is 7.08. The SMILES string of the molecule is COc1cccc(C(=O)N2CCCN(C(=O)c3cc(OC)c(OC)c(OC)c3)CC2)c1. The molecular weight excluding hydrogens is 400 g/mol. The summed E-state index contributed by atoms with van der Waals surface area (Å²) < 4.78 is 21.3. The first kappa shape index (κ1) is 22.3. The maximum Gasteiger partial charge on any atom is 0.254 e. The van der Waals surface area contributed by atoms with Crippen LogP contribution < -0.4 is 18.9 Å². The summed E-state index contributed by atoms with van der Waals surface area (Å²) in [6.07, 6.45) is 0.686. The maximum absolute atomic E-state index is 13.2. The molecule has 0 atom stereocenters. The van der Waals surface area contributed by atoms with E-state index in [0.29, 0.717) is 66.7 Å². The fourth-order valence-electron chi connectivity index (χ4n) is 3.65. The molecule has 0 aromatic heterocycles. The van der Waals surface area contributed by atoms with Crippen LogP contribution in [0.25, 0.3) is 0 Å². The Bertz CT molecular complexity index is 920. The second-order valence-corrected chi connectivity index (χ2v) is 7.08. The highest BCUT2D eigenvalue weighted by Crippen LogP contribution is 2.38. The van der Waals surface area contributed by atoms with Gasteiger partial charge in [0.2, 0.25) is 5.75 Å². The molecular formula is C23H28N2O6. The van der Waals surface area contributed by atoms with Gasteiger partial charge in [-0.05, 0) is 36.8 Å². The van der Waals surface area contributed by atoms with Crippen molar-refractivity contribution in [3.8, 4) is 23.0 Å². The Hall–Kier alpha value is -3.42. The van der Waals surface area contributed by atoms with E-state index >= 15 is 0 Å². The van der Waals surface area contributed by atoms with E-state index in [4.69, 9.17) is 18.9 Å². The van der Waals surface area contributed by atoms with Crippen molar-refractivity contribution in [3.63, 3.8) is 0 Å². The summed E-state index contributed by atoms with van der Waals surface area (Å²) in [5, 5.41) is 0. The van der Waals surface area contributed by atoms with E-state index < -0.39 is 0 Å². The van der Waals surface area contributed by atoms with E-state index in [-0.39, 0.29) is 11.8 Å². The Kier molecular flexibility index (Phi) is 7.23. The molecule has 0 saturated carbocycles. The number of amides is 2. The lowest BCUT2D eigenvalue weighted by Gasteiger charge is -2.23. The van der Waals surface area contributed by atoms with Crippen LogP contribution in [-0.4, -0.2) is 76.2 Å². The zero-order chi connectivity index (χ0) is 22.4. The summed E-state index contributed by atoms with van der Waals surface area (Å²) in [4.78, 5) is 29.6. The smallest absolute Gasteiger partial charge is 0.254 e. The summed E-state index contributed by atoms with van der Waals surface area (Å²) in [5.41, 5.74) is 1.02. The molecule has 1 aliphatic rings. The molecule has 31 heavy (non-hydrogen) atoms. The molecule has 166 valence electrons. The number of benzene rings is 2. The Morgan fingerprint density at radius 2 is 1.29 bits per heavy atom. The summed E-state index contributed by atoms with van der Waals surface area (Å²) in [7, 11) is 6.12. The van der Waals surface area contributed by atoms with Crippen LogP contribution in [0.5, 0.6) is 23.0 Å². The van der Waals surface area contributed by atoms with Gasteiger partial charge < -0.3 is 28.7 Å². The Morgan fingerprint density at radius 1 is 0.710 bits per heavy atom. The van der Waals surface area contributed by atoms with E-state index in [0.717, 1.165) is 0 Å². The van der Waals surface area contributed by atoms with E-state index in [2.05, 4.69) is 0 Å². The van der Waals surface area contributed by atoms with Crippen molar-refractivity contribution in [1.29, 1.82) is 0 Å². The van der Waals surface area contributed by atoms with E-state index in [1.165, 1.54) is 21.3 Å². The van der Waals surface area contributed by atoms with Gasteiger partial charge in [-0.3, -0.25) is 9.59 Å². The quantitative estimate of drug-likeness (QED) is 0.704. The van der Waals surface area contributed by atoms with Crippen LogP contribution in [0.3, 0.4) is 0 Å². The average Bonchev–Trinajstić information content (AvgIpc) is 3.08. The van der Waals surface area contributed by atoms with Crippen molar-refractivity contribution in [3.05, 3.63) is 47.5 Å². The third kappa shape index (κ3) is 4.84. The largest absolute Gasteiger partial charge is 0.497 e.